The number of rotatable bonds is 6. The highest BCUT2D eigenvalue weighted by Gasteiger charge is 2.04. The second-order valence-electron chi connectivity index (χ2n) is 4.32. The van der Waals surface area contributed by atoms with E-state index < -0.39 is 0 Å². The van der Waals surface area contributed by atoms with Crippen molar-refractivity contribution in [2.24, 2.45) is 5.92 Å². The van der Waals surface area contributed by atoms with E-state index in [4.69, 9.17) is 4.74 Å². The minimum absolute atomic E-state index is 0.148. The number of hydrogen-bond donors (Lipinski definition) is 1. The van der Waals surface area contributed by atoms with Crippen molar-refractivity contribution in [2.45, 2.75) is 26.9 Å². The SMILES string of the molecule is CC(C)CNCC(C)Oc1cncc(Br)c1. The zero-order chi connectivity index (χ0) is 12.0. The maximum atomic E-state index is 5.72. The van der Waals surface area contributed by atoms with Crippen LogP contribution in [0.15, 0.2) is 22.9 Å². The van der Waals surface area contributed by atoms with Gasteiger partial charge >= 0.3 is 0 Å². The molecule has 1 atom stereocenters. The fourth-order valence-electron chi connectivity index (χ4n) is 1.31. The Kier molecular flexibility index (Phi) is 5.77. The van der Waals surface area contributed by atoms with Gasteiger partial charge in [0.1, 0.15) is 11.9 Å². The van der Waals surface area contributed by atoms with E-state index in [2.05, 4.69) is 40.1 Å². The molecule has 3 nitrogen and oxygen atoms in total. The molecular formula is C12H19BrN2O. The van der Waals surface area contributed by atoms with Crippen LogP contribution in [0.1, 0.15) is 20.8 Å². The maximum Gasteiger partial charge on any atom is 0.139 e. The average Bonchev–Trinajstić information content (AvgIpc) is 2.16. The summed E-state index contributed by atoms with van der Waals surface area (Å²) in [6, 6.07) is 1.92. The number of halogens is 1. The second-order valence-corrected chi connectivity index (χ2v) is 5.24. The van der Waals surface area contributed by atoms with Gasteiger partial charge in [-0.05, 0) is 41.4 Å². The highest BCUT2D eigenvalue weighted by molar-refractivity contribution is 9.10. The molecular weight excluding hydrogens is 268 g/mol. The summed E-state index contributed by atoms with van der Waals surface area (Å²) in [5.74, 6) is 1.47. The van der Waals surface area contributed by atoms with E-state index in [9.17, 15) is 0 Å². The maximum absolute atomic E-state index is 5.72. The molecule has 0 aliphatic rings. The van der Waals surface area contributed by atoms with Crippen molar-refractivity contribution >= 4 is 15.9 Å². The smallest absolute Gasteiger partial charge is 0.139 e. The fraction of sp³-hybridized carbons (Fsp3) is 0.583. The standard InChI is InChI=1S/C12H19BrN2O/c1-9(2)5-14-6-10(3)16-12-4-11(13)7-15-8-12/h4,7-10,14H,5-6H2,1-3H3. The number of hydrogen-bond acceptors (Lipinski definition) is 3. The minimum Gasteiger partial charge on any atom is -0.488 e. The lowest BCUT2D eigenvalue weighted by molar-refractivity contribution is 0.214. The molecule has 1 rings (SSSR count). The van der Waals surface area contributed by atoms with Crippen LogP contribution < -0.4 is 10.1 Å². The molecule has 0 aliphatic carbocycles. The minimum atomic E-state index is 0.148. The summed E-state index contributed by atoms with van der Waals surface area (Å²) in [5, 5.41) is 3.36. The number of aromatic nitrogens is 1. The van der Waals surface area contributed by atoms with E-state index in [1.165, 1.54) is 0 Å². The molecule has 0 saturated heterocycles. The molecule has 1 aromatic heterocycles. The van der Waals surface area contributed by atoms with Gasteiger partial charge in [-0.15, -0.1) is 0 Å². The van der Waals surface area contributed by atoms with Gasteiger partial charge in [0.05, 0.1) is 6.20 Å². The zero-order valence-corrected chi connectivity index (χ0v) is 11.6. The van der Waals surface area contributed by atoms with Crippen molar-refractivity contribution in [2.75, 3.05) is 13.1 Å². The van der Waals surface area contributed by atoms with Gasteiger partial charge in [0.25, 0.3) is 0 Å². The van der Waals surface area contributed by atoms with Gasteiger partial charge in [-0.25, -0.2) is 0 Å². The highest BCUT2D eigenvalue weighted by Crippen LogP contribution is 2.16. The molecule has 1 unspecified atom stereocenters. The lowest BCUT2D eigenvalue weighted by atomic mass is 10.2. The first kappa shape index (κ1) is 13.5. The van der Waals surface area contributed by atoms with E-state index in [0.717, 1.165) is 23.3 Å². The third-order valence-electron chi connectivity index (χ3n) is 2.00. The van der Waals surface area contributed by atoms with Gasteiger partial charge in [0, 0.05) is 17.2 Å². The molecule has 1 heterocycles. The van der Waals surface area contributed by atoms with Crippen LogP contribution in [-0.4, -0.2) is 24.2 Å². The third kappa shape index (κ3) is 5.47. The van der Waals surface area contributed by atoms with Crippen LogP contribution in [0.4, 0.5) is 0 Å². The summed E-state index contributed by atoms with van der Waals surface area (Å²) in [7, 11) is 0. The number of nitrogens with zero attached hydrogens (tertiary/aromatic N) is 1. The lowest BCUT2D eigenvalue weighted by Crippen LogP contribution is -2.31. The van der Waals surface area contributed by atoms with Gasteiger partial charge < -0.3 is 10.1 Å². The molecule has 0 amide bonds. The van der Waals surface area contributed by atoms with Crippen LogP contribution in [0.25, 0.3) is 0 Å². The average molecular weight is 287 g/mol. The predicted octanol–water partition coefficient (Wildman–Crippen LogP) is 2.86. The van der Waals surface area contributed by atoms with E-state index in [-0.39, 0.29) is 6.10 Å². The Bertz CT molecular complexity index is 318. The van der Waals surface area contributed by atoms with Gasteiger partial charge in [0.15, 0.2) is 0 Å². The van der Waals surface area contributed by atoms with Crippen LogP contribution in [0.5, 0.6) is 5.75 Å². The second kappa shape index (κ2) is 6.86. The quantitative estimate of drug-likeness (QED) is 0.873. The molecule has 0 spiro atoms. The van der Waals surface area contributed by atoms with Crippen molar-refractivity contribution in [3.05, 3.63) is 22.9 Å². The van der Waals surface area contributed by atoms with E-state index in [0.29, 0.717) is 5.92 Å². The zero-order valence-electron chi connectivity index (χ0n) is 10.0. The Balaban J connectivity index is 2.31. The monoisotopic (exact) mass is 286 g/mol. The molecule has 0 fully saturated rings. The Morgan fingerprint density at radius 2 is 2.06 bits per heavy atom. The molecule has 0 bridgehead atoms. The van der Waals surface area contributed by atoms with E-state index in [1.54, 1.807) is 12.4 Å². The van der Waals surface area contributed by atoms with Crippen molar-refractivity contribution in [1.29, 1.82) is 0 Å². The van der Waals surface area contributed by atoms with Gasteiger partial charge in [0.2, 0.25) is 0 Å². The number of pyridine rings is 1. The number of ether oxygens (including phenoxy) is 1. The highest BCUT2D eigenvalue weighted by atomic mass is 79.9. The van der Waals surface area contributed by atoms with Crippen LogP contribution in [-0.2, 0) is 0 Å². The van der Waals surface area contributed by atoms with Gasteiger partial charge in [-0.1, -0.05) is 13.8 Å². The lowest BCUT2D eigenvalue weighted by Gasteiger charge is -2.16. The summed E-state index contributed by atoms with van der Waals surface area (Å²) in [5.41, 5.74) is 0. The fourth-order valence-corrected chi connectivity index (χ4v) is 1.65. The molecule has 0 aliphatic heterocycles. The van der Waals surface area contributed by atoms with Crippen molar-refractivity contribution in [3.8, 4) is 5.75 Å². The van der Waals surface area contributed by atoms with Gasteiger partial charge in [-0.2, -0.15) is 0 Å². The first-order chi connectivity index (χ1) is 7.58. The predicted molar refractivity (Wildman–Crippen MR) is 69.7 cm³/mol. The third-order valence-corrected chi connectivity index (χ3v) is 2.44. The molecule has 1 N–H and O–H groups in total. The molecule has 16 heavy (non-hydrogen) atoms. The first-order valence-corrected chi connectivity index (χ1v) is 6.35. The van der Waals surface area contributed by atoms with E-state index in [1.807, 2.05) is 13.0 Å². The number of nitrogens with one attached hydrogen (secondary N) is 1. The van der Waals surface area contributed by atoms with Crippen molar-refractivity contribution in [3.63, 3.8) is 0 Å². The molecule has 0 saturated carbocycles. The first-order valence-electron chi connectivity index (χ1n) is 5.56. The molecule has 1 aromatic rings. The summed E-state index contributed by atoms with van der Waals surface area (Å²) >= 11 is 3.37. The van der Waals surface area contributed by atoms with Crippen LogP contribution in [0, 0.1) is 5.92 Å². The van der Waals surface area contributed by atoms with Crippen LogP contribution >= 0.6 is 15.9 Å². The summed E-state index contributed by atoms with van der Waals surface area (Å²) < 4.78 is 6.66. The normalized spacial score (nSPS) is 12.8. The Labute approximate surface area is 106 Å². The largest absolute Gasteiger partial charge is 0.488 e. The molecule has 4 heteroatoms. The van der Waals surface area contributed by atoms with Crippen molar-refractivity contribution in [1.82, 2.24) is 10.3 Å². The van der Waals surface area contributed by atoms with Crippen LogP contribution in [0.2, 0.25) is 0 Å². The Hall–Kier alpha value is -0.610. The molecule has 0 radical (unpaired) electrons. The molecule has 90 valence electrons. The van der Waals surface area contributed by atoms with Gasteiger partial charge in [-0.3, -0.25) is 4.98 Å². The summed E-state index contributed by atoms with van der Waals surface area (Å²) in [6.07, 6.45) is 3.62. The summed E-state index contributed by atoms with van der Waals surface area (Å²) in [6.45, 7) is 8.30. The van der Waals surface area contributed by atoms with Crippen LogP contribution in [0.3, 0.4) is 0 Å². The summed E-state index contributed by atoms with van der Waals surface area (Å²) in [4.78, 5) is 4.05. The van der Waals surface area contributed by atoms with Crippen molar-refractivity contribution < 1.29 is 4.74 Å². The topological polar surface area (TPSA) is 34.1 Å². The molecule has 0 aromatic carbocycles. The Morgan fingerprint density at radius 3 is 2.69 bits per heavy atom. The Morgan fingerprint density at radius 1 is 1.31 bits per heavy atom. The van der Waals surface area contributed by atoms with E-state index >= 15 is 0 Å².